The molecule has 0 unspecified atom stereocenters. The van der Waals surface area contributed by atoms with Gasteiger partial charge >= 0.3 is 0 Å². The van der Waals surface area contributed by atoms with E-state index in [4.69, 9.17) is 9.72 Å². The molecule has 4 aromatic rings. The third kappa shape index (κ3) is 3.62. The molecule has 1 N–H and O–H groups in total. The fourth-order valence-corrected chi connectivity index (χ4v) is 3.25. The van der Waals surface area contributed by atoms with Crippen molar-refractivity contribution in [2.24, 2.45) is 0 Å². The smallest absolute Gasteiger partial charge is 0.266 e. The summed E-state index contributed by atoms with van der Waals surface area (Å²) in [7, 11) is 1.50. The predicted molar refractivity (Wildman–Crippen MR) is 116 cm³/mol. The van der Waals surface area contributed by atoms with Gasteiger partial charge in [0.05, 0.1) is 23.7 Å². The monoisotopic (exact) mass is 384 g/mol. The average Bonchev–Trinajstić information content (AvgIpc) is 2.73. The van der Waals surface area contributed by atoms with Crippen LogP contribution in [-0.4, -0.2) is 21.8 Å². The van der Waals surface area contributed by atoms with Crippen molar-refractivity contribution in [2.45, 2.75) is 6.92 Å². The lowest BCUT2D eigenvalue weighted by molar-refractivity contribution is 0.373. The highest BCUT2D eigenvalue weighted by Gasteiger charge is 2.11. The molecular weight excluding hydrogens is 364 g/mol. The molecule has 3 aromatic carbocycles. The second-order valence-electron chi connectivity index (χ2n) is 6.73. The summed E-state index contributed by atoms with van der Waals surface area (Å²) < 4.78 is 6.78. The van der Waals surface area contributed by atoms with E-state index in [0.717, 1.165) is 16.8 Å². The van der Waals surface area contributed by atoms with Gasteiger partial charge in [-0.25, -0.2) is 4.98 Å². The predicted octanol–water partition coefficient (Wildman–Crippen LogP) is 4.58. The zero-order valence-corrected chi connectivity index (χ0v) is 16.2. The van der Waals surface area contributed by atoms with Crippen LogP contribution in [0.25, 0.3) is 28.7 Å². The van der Waals surface area contributed by atoms with Crippen molar-refractivity contribution in [3.05, 3.63) is 94.0 Å². The Bertz CT molecular complexity index is 1290. The second kappa shape index (κ2) is 7.64. The quantitative estimate of drug-likeness (QED) is 0.559. The average molecular weight is 384 g/mol. The standard InChI is InChI=1S/C24H20N2O3/c1-16-6-5-7-18(14-16)26-23(25-20-9-4-3-8-19(20)24(26)28)13-11-17-10-12-21(27)22(15-17)29-2/h3-15,27H,1-2H3. The molecule has 0 aliphatic carbocycles. The third-order valence-electron chi connectivity index (χ3n) is 4.69. The molecule has 144 valence electrons. The van der Waals surface area contributed by atoms with Crippen LogP contribution >= 0.6 is 0 Å². The lowest BCUT2D eigenvalue weighted by Crippen LogP contribution is -2.22. The van der Waals surface area contributed by atoms with Crippen LogP contribution in [0.15, 0.2) is 71.5 Å². The van der Waals surface area contributed by atoms with Crippen LogP contribution in [0.2, 0.25) is 0 Å². The van der Waals surface area contributed by atoms with E-state index < -0.39 is 0 Å². The van der Waals surface area contributed by atoms with Gasteiger partial charge in [0.2, 0.25) is 0 Å². The summed E-state index contributed by atoms with van der Waals surface area (Å²) in [6.45, 7) is 1.99. The number of phenolic OH excluding ortho intramolecular Hbond substituents is 1. The van der Waals surface area contributed by atoms with E-state index >= 15 is 0 Å². The summed E-state index contributed by atoms with van der Waals surface area (Å²) in [5.74, 6) is 0.978. The Kier molecular flexibility index (Phi) is 4.87. The van der Waals surface area contributed by atoms with Crippen molar-refractivity contribution >= 4 is 23.1 Å². The summed E-state index contributed by atoms with van der Waals surface area (Å²) in [5.41, 5.74) is 3.16. The van der Waals surface area contributed by atoms with Gasteiger partial charge in [0.25, 0.3) is 5.56 Å². The Balaban J connectivity index is 1.91. The number of aryl methyl sites for hydroxylation is 1. The minimum atomic E-state index is -0.121. The zero-order chi connectivity index (χ0) is 20.4. The van der Waals surface area contributed by atoms with Crippen molar-refractivity contribution < 1.29 is 9.84 Å². The second-order valence-corrected chi connectivity index (χ2v) is 6.73. The number of hydrogen-bond acceptors (Lipinski definition) is 4. The fourth-order valence-electron chi connectivity index (χ4n) is 3.25. The van der Waals surface area contributed by atoms with Crippen LogP contribution in [0.4, 0.5) is 0 Å². The molecule has 0 saturated carbocycles. The molecule has 5 nitrogen and oxygen atoms in total. The van der Waals surface area contributed by atoms with E-state index in [0.29, 0.717) is 22.5 Å². The third-order valence-corrected chi connectivity index (χ3v) is 4.69. The summed E-state index contributed by atoms with van der Waals surface area (Å²) in [6.07, 6.45) is 3.63. The van der Waals surface area contributed by atoms with E-state index in [2.05, 4.69) is 0 Å². The Labute approximate surface area is 168 Å². The summed E-state index contributed by atoms with van der Waals surface area (Å²) >= 11 is 0. The highest BCUT2D eigenvalue weighted by molar-refractivity contribution is 5.80. The van der Waals surface area contributed by atoms with E-state index in [1.165, 1.54) is 7.11 Å². The highest BCUT2D eigenvalue weighted by atomic mass is 16.5. The largest absolute Gasteiger partial charge is 0.504 e. The maximum atomic E-state index is 13.3. The molecular formula is C24H20N2O3. The number of fused-ring (bicyclic) bond motifs is 1. The molecule has 0 fully saturated rings. The Morgan fingerprint density at radius 2 is 1.83 bits per heavy atom. The van der Waals surface area contributed by atoms with Crippen molar-refractivity contribution in [1.29, 1.82) is 0 Å². The summed E-state index contributed by atoms with van der Waals surface area (Å²) in [4.78, 5) is 18.0. The Morgan fingerprint density at radius 3 is 2.62 bits per heavy atom. The lowest BCUT2D eigenvalue weighted by atomic mass is 10.1. The van der Waals surface area contributed by atoms with Gasteiger partial charge < -0.3 is 9.84 Å². The number of phenols is 1. The van der Waals surface area contributed by atoms with Crippen LogP contribution in [-0.2, 0) is 0 Å². The normalized spacial score (nSPS) is 11.2. The van der Waals surface area contributed by atoms with Gasteiger partial charge in [0, 0.05) is 0 Å². The minimum absolute atomic E-state index is 0.0742. The van der Waals surface area contributed by atoms with Crippen molar-refractivity contribution in [3.8, 4) is 17.2 Å². The Morgan fingerprint density at radius 1 is 1.00 bits per heavy atom. The van der Waals surface area contributed by atoms with Crippen molar-refractivity contribution in [2.75, 3.05) is 7.11 Å². The number of aromatic hydroxyl groups is 1. The van der Waals surface area contributed by atoms with Gasteiger partial charge in [-0.15, -0.1) is 0 Å². The molecule has 5 heteroatoms. The molecule has 4 rings (SSSR count). The maximum absolute atomic E-state index is 13.3. The molecule has 0 radical (unpaired) electrons. The van der Waals surface area contributed by atoms with Gasteiger partial charge in [-0.3, -0.25) is 9.36 Å². The first-order chi connectivity index (χ1) is 14.1. The number of nitrogens with zero attached hydrogens (tertiary/aromatic N) is 2. The molecule has 0 saturated heterocycles. The molecule has 29 heavy (non-hydrogen) atoms. The number of para-hydroxylation sites is 1. The molecule has 0 bridgehead atoms. The summed E-state index contributed by atoms with van der Waals surface area (Å²) in [5, 5.41) is 10.4. The van der Waals surface area contributed by atoms with Crippen LogP contribution in [0.3, 0.4) is 0 Å². The fraction of sp³-hybridized carbons (Fsp3) is 0.0833. The van der Waals surface area contributed by atoms with E-state index in [9.17, 15) is 9.90 Å². The van der Waals surface area contributed by atoms with Crippen molar-refractivity contribution in [3.63, 3.8) is 0 Å². The van der Waals surface area contributed by atoms with Gasteiger partial charge in [-0.05, 0) is 60.5 Å². The highest BCUT2D eigenvalue weighted by Crippen LogP contribution is 2.27. The Hall–Kier alpha value is -3.86. The van der Waals surface area contributed by atoms with E-state index in [1.54, 1.807) is 34.9 Å². The van der Waals surface area contributed by atoms with Crippen LogP contribution in [0, 0.1) is 6.92 Å². The SMILES string of the molecule is COc1cc(C=Cc2nc3ccccc3c(=O)n2-c2cccc(C)c2)ccc1O. The minimum Gasteiger partial charge on any atom is -0.504 e. The number of benzene rings is 3. The number of aromatic nitrogens is 2. The van der Waals surface area contributed by atoms with Gasteiger partial charge in [0.15, 0.2) is 11.5 Å². The first-order valence-corrected chi connectivity index (χ1v) is 9.21. The summed E-state index contributed by atoms with van der Waals surface area (Å²) in [6, 6.07) is 20.1. The molecule has 0 aliphatic heterocycles. The van der Waals surface area contributed by atoms with Crippen LogP contribution in [0.5, 0.6) is 11.5 Å². The topological polar surface area (TPSA) is 64.3 Å². The van der Waals surface area contributed by atoms with Gasteiger partial charge in [-0.1, -0.05) is 36.4 Å². The molecule has 1 aromatic heterocycles. The molecule has 0 atom stereocenters. The maximum Gasteiger partial charge on any atom is 0.266 e. The van der Waals surface area contributed by atoms with Crippen LogP contribution < -0.4 is 10.3 Å². The number of hydrogen-bond donors (Lipinski definition) is 1. The lowest BCUT2D eigenvalue weighted by Gasteiger charge is -2.12. The molecule has 0 amide bonds. The molecule has 0 aliphatic rings. The number of rotatable bonds is 4. The van der Waals surface area contributed by atoms with Crippen molar-refractivity contribution in [1.82, 2.24) is 9.55 Å². The first kappa shape index (κ1) is 18.5. The molecule has 0 spiro atoms. The van der Waals surface area contributed by atoms with E-state index in [-0.39, 0.29) is 11.3 Å². The van der Waals surface area contributed by atoms with Gasteiger partial charge in [-0.2, -0.15) is 0 Å². The van der Waals surface area contributed by atoms with E-state index in [1.807, 2.05) is 55.5 Å². The van der Waals surface area contributed by atoms with Crippen LogP contribution in [0.1, 0.15) is 17.0 Å². The molecule has 1 heterocycles. The first-order valence-electron chi connectivity index (χ1n) is 9.21. The zero-order valence-electron chi connectivity index (χ0n) is 16.2. The number of methoxy groups -OCH3 is 1. The van der Waals surface area contributed by atoms with Gasteiger partial charge in [0.1, 0.15) is 5.82 Å². The number of ether oxygens (including phenoxy) is 1.